The van der Waals surface area contributed by atoms with E-state index in [0.29, 0.717) is 19.1 Å². The van der Waals surface area contributed by atoms with Crippen molar-refractivity contribution in [2.24, 2.45) is 11.8 Å². The number of anilines is 1. The molecule has 5 nitrogen and oxygen atoms in total. The predicted molar refractivity (Wildman–Crippen MR) is 109 cm³/mol. The van der Waals surface area contributed by atoms with Crippen LogP contribution in [0.1, 0.15) is 51.0 Å². The normalized spacial score (nSPS) is 25.7. The number of piperidine rings is 1. The summed E-state index contributed by atoms with van der Waals surface area (Å²) in [5, 5.41) is 2.97. The highest BCUT2D eigenvalue weighted by atomic mass is 16.2. The van der Waals surface area contributed by atoms with Gasteiger partial charge in [0.2, 0.25) is 5.91 Å². The molecule has 1 saturated heterocycles. The molecule has 5 heteroatoms. The quantitative estimate of drug-likeness (QED) is 0.862. The molecule has 1 aromatic carbocycles. The van der Waals surface area contributed by atoms with E-state index in [1.807, 2.05) is 43.1 Å². The Kier molecular flexibility index (Phi) is 6.40. The molecule has 1 heterocycles. The van der Waals surface area contributed by atoms with Crippen molar-refractivity contribution >= 4 is 17.6 Å². The van der Waals surface area contributed by atoms with E-state index in [-0.39, 0.29) is 17.9 Å². The zero-order valence-electron chi connectivity index (χ0n) is 16.9. The third-order valence-electron chi connectivity index (χ3n) is 6.21. The zero-order valence-corrected chi connectivity index (χ0v) is 16.9. The fraction of sp³-hybridized carbons (Fsp3) is 0.636. The topological polar surface area (TPSA) is 52.7 Å². The van der Waals surface area contributed by atoms with Crippen LogP contribution in [0.25, 0.3) is 0 Å². The van der Waals surface area contributed by atoms with E-state index in [1.165, 1.54) is 12.8 Å². The van der Waals surface area contributed by atoms with E-state index in [4.69, 9.17) is 0 Å². The summed E-state index contributed by atoms with van der Waals surface area (Å²) in [5.74, 6) is 0.911. The molecule has 0 radical (unpaired) electrons. The van der Waals surface area contributed by atoms with Gasteiger partial charge in [-0.05, 0) is 69.1 Å². The van der Waals surface area contributed by atoms with Gasteiger partial charge in [0, 0.05) is 31.9 Å². The maximum absolute atomic E-state index is 13.0. The number of benzene rings is 1. The third kappa shape index (κ3) is 5.02. The molecule has 1 saturated carbocycles. The first-order valence-electron chi connectivity index (χ1n) is 10.3. The lowest BCUT2D eigenvalue weighted by atomic mass is 9.86. The summed E-state index contributed by atoms with van der Waals surface area (Å²) in [4.78, 5) is 29.4. The van der Waals surface area contributed by atoms with Gasteiger partial charge in [-0.1, -0.05) is 19.1 Å². The van der Waals surface area contributed by atoms with Crippen molar-refractivity contribution in [2.75, 3.05) is 25.5 Å². The molecule has 3 rings (SSSR count). The van der Waals surface area contributed by atoms with Crippen molar-refractivity contribution in [1.29, 1.82) is 0 Å². The molecule has 148 valence electrons. The highest BCUT2D eigenvalue weighted by Crippen LogP contribution is 2.28. The van der Waals surface area contributed by atoms with Crippen LogP contribution in [0.5, 0.6) is 0 Å². The number of hydrogen-bond acceptors (Lipinski definition) is 2. The SMILES string of the molecule is Cc1cccc(NC(=O)N2CCCC(C(=O)N(C)C3CCC(C)CC3)C2)c1. The monoisotopic (exact) mass is 371 g/mol. The van der Waals surface area contributed by atoms with Gasteiger partial charge in [-0.3, -0.25) is 4.79 Å². The molecule has 3 amide bonds. The van der Waals surface area contributed by atoms with E-state index >= 15 is 0 Å². The van der Waals surface area contributed by atoms with Gasteiger partial charge in [0.25, 0.3) is 0 Å². The Labute approximate surface area is 163 Å². The van der Waals surface area contributed by atoms with Gasteiger partial charge in [0.1, 0.15) is 0 Å². The van der Waals surface area contributed by atoms with Crippen LogP contribution in [0.4, 0.5) is 10.5 Å². The zero-order chi connectivity index (χ0) is 19.4. The van der Waals surface area contributed by atoms with Crippen LogP contribution in [0.2, 0.25) is 0 Å². The fourth-order valence-corrected chi connectivity index (χ4v) is 4.39. The molecular formula is C22H33N3O2. The smallest absolute Gasteiger partial charge is 0.321 e. The number of nitrogens with one attached hydrogen (secondary N) is 1. The second-order valence-corrected chi connectivity index (χ2v) is 8.45. The second-order valence-electron chi connectivity index (χ2n) is 8.45. The van der Waals surface area contributed by atoms with Gasteiger partial charge >= 0.3 is 6.03 Å². The van der Waals surface area contributed by atoms with Gasteiger partial charge in [-0.25, -0.2) is 4.79 Å². The number of aryl methyl sites for hydroxylation is 1. The first-order chi connectivity index (χ1) is 12.9. The maximum atomic E-state index is 13.0. The number of rotatable bonds is 3. The van der Waals surface area contributed by atoms with Gasteiger partial charge in [-0.2, -0.15) is 0 Å². The highest BCUT2D eigenvalue weighted by molar-refractivity contribution is 5.90. The van der Waals surface area contributed by atoms with E-state index in [9.17, 15) is 9.59 Å². The molecule has 1 aliphatic carbocycles. The lowest BCUT2D eigenvalue weighted by molar-refractivity contribution is -0.138. The van der Waals surface area contributed by atoms with Crippen molar-refractivity contribution in [3.05, 3.63) is 29.8 Å². The lowest BCUT2D eigenvalue weighted by Gasteiger charge is -2.38. The Morgan fingerprint density at radius 1 is 1.15 bits per heavy atom. The third-order valence-corrected chi connectivity index (χ3v) is 6.21. The van der Waals surface area contributed by atoms with Crippen molar-refractivity contribution in [3.8, 4) is 0 Å². The largest absolute Gasteiger partial charge is 0.342 e. The maximum Gasteiger partial charge on any atom is 0.321 e. The molecule has 1 aromatic rings. The fourth-order valence-electron chi connectivity index (χ4n) is 4.39. The van der Waals surface area contributed by atoms with Crippen LogP contribution >= 0.6 is 0 Å². The number of carbonyl (C=O) groups is 2. The average Bonchev–Trinajstić information content (AvgIpc) is 2.67. The predicted octanol–water partition coefficient (Wildman–Crippen LogP) is 4.28. The van der Waals surface area contributed by atoms with Gasteiger partial charge in [-0.15, -0.1) is 0 Å². The van der Waals surface area contributed by atoms with Crippen LogP contribution in [0.15, 0.2) is 24.3 Å². The Morgan fingerprint density at radius 2 is 1.89 bits per heavy atom. The van der Waals surface area contributed by atoms with Crippen molar-refractivity contribution < 1.29 is 9.59 Å². The molecule has 1 N–H and O–H groups in total. The van der Waals surface area contributed by atoms with E-state index in [0.717, 1.165) is 42.9 Å². The first kappa shape index (κ1) is 19.7. The molecule has 1 unspecified atom stereocenters. The molecule has 2 aliphatic rings. The second kappa shape index (κ2) is 8.77. The molecule has 1 aliphatic heterocycles. The van der Waals surface area contributed by atoms with Crippen molar-refractivity contribution in [1.82, 2.24) is 9.80 Å². The van der Waals surface area contributed by atoms with Crippen LogP contribution in [0.3, 0.4) is 0 Å². The summed E-state index contributed by atoms with van der Waals surface area (Å²) < 4.78 is 0. The molecule has 0 aromatic heterocycles. The number of amides is 3. The number of carbonyl (C=O) groups excluding carboxylic acids is 2. The highest BCUT2D eigenvalue weighted by Gasteiger charge is 2.33. The lowest BCUT2D eigenvalue weighted by Crippen LogP contribution is -2.49. The molecule has 2 fully saturated rings. The minimum absolute atomic E-state index is 0.0774. The number of hydrogen-bond donors (Lipinski definition) is 1. The number of likely N-dealkylation sites (tertiary alicyclic amines) is 1. The number of nitrogens with zero attached hydrogens (tertiary/aromatic N) is 2. The summed E-state index contributed by atoms with van der Waals surface area (Å²) in [6.45, 7) is 5.53. The molecule has 1 atom stereocenters. The van der Waals surface area contributed by atoms with Crippen molar-refractivity contribution in [3.63, 3.8) is 0 Å². The van der Waals surface area contributed by atoms with E-state index < -0.39 is 0 Å². The Morgan fingerprint density at radius 3 is 2.59 bits per heavy atom. The van der Waals surface area contributed by atoms with Crippen LogP contribution in [-0.2, 0) is 4.79 Å². The van der Waals surface area contributed by atoms with Gasteiger partial charge < -0.3 is 15.1 Å². The van der Waals surface area contributed by atoms with E-state index in [1.54, 1.807) is 4.90 Å². The van der Waals surface area contributed by atoms with Crippen LogP contribution in [-0.4, -0.2) is 47.9 Å². The summed E-state index contributed by atoms with van der Waals surface area (Å²) in [6, 6.07) is 8.07. The summed E-state index contributed by atoms with van der Waals surface area (Å²) in [5.41, 5.74) is 1.92. The van der Waals surface area contributed by atoms with Crippen molar-refractivity contribution in [2.45, 2.75) is 58.4 Å². The number of urea groups is 1. The molecule has 0 bridgehead atoms. The Balaban J connectivity index is 1.56. The Hall–Kier alpha value is -2.04. The van der Waals surface area contributed by atoms with Gasteiger partial charge in [0.15, 0.2) is 0 Å². The summed E-state index contributed by atoms with van der Waals surface area (Å²) in [7, 11) is 1.95. The molecule has 0 spiro atoms. The first-order valence-corrected chi connectivity index (χ1v) is 10.3. The van der Waals surface area contributed by atoms with Gasteiger partial charge in [0.05, 0.1) is 5.92 Å². The molecular weight excluding hydrogens is 338 g/mol. The Bertz CT molecular complexity index is 667. The van der Waals surface area contributed by atoms with Crippen LogP contribution in [0, 0.1) is 18.8 Å². The molecule has 27 heavy (non-hydrogen) atoms. The standard InChI is InChI=1S/C22H33N3O2/c1-16-9-11-20(12-10-16)24(3)21(26)18-7-5-13-25(15-18)22(27)23-19-8-4-6-17(2)14-19/h4,6,8,14,16,18,20H,5,7,9-13,15H2,1-3H3,(H,23,27). The minimum Gasteiger partial charge on any atom is -0.342 e. The van der Waals surface area contributed by atoms with E-state index in [2.05, 4.69) is 12.2 Å². The van der Waals surface area contributed by atoms with Crippen LogP contribution < -0.4 is 5.32 Å². The minimum atomic E-state index is -0.104. The average molecular weight is 372 g/mol. The summed E-state index contributed by atoms with van der Waals surface area (Å²) in [6.07, 6.45) is 6.38. The summed E-state index contributed by atoms with van der Waals surface area (Å²) >= 11 is 0.